The molecule has 0 aliphatic heterocycles. The Morgan fingerprint density at radius 3 is 1.77 bits per heavy atom. The second-order valence-electron chi connectivity index (χ2n) is 1.93. The monoisotopic (exact) mass is 235 g/mol. The summed E-state index contributed by atoms with van der Waals surface area (Å²) in [5.41, 5.74) is 0. The molecule has 0 fully saturated rings. The van der Waals surface area contributed by atoms with E-state index in [0.29, 0.717) is 0 Å². The predicted octanol–water partition coefficient (Wildman–Crippen LogP) is -0.0900. The van der Waals surface area contributed by atoms with E-state index in [4.69, 9.17) is 33.4 Å². The van der Waals surface area contributed by atoms with E-state index < -0.39 is 9.93 Å². The van der Waals surface area contributed by atoms with Gasteiger partial charge < -0.3 is 15.4 Å². The molecule has 0 aromatic rings. The molecule has 0 unspecified atom stereocenters. The zero-order chi connectivity index (χ0) is 10.3. The van der Waals surface area contributed by atoms with E-state index in [0.717, 1.165) is 0 Å². The number of aliphatic hydroxyl groups excluding tert-OH is 2. The lowest BCUT2D eigenvalue weighted by Gasteiger charge is -2.35. The SMILES string of the molecule is [O-][N+](OCCO)(OCCO)C(Cl)Cl. The van der Waals surface area contributed by atoms with Crippen LogP contribution < -0.4 is 0 Å². The lowest BCUT2D eigenvalue weighted by Crippen LogP contribution is -2.46. The molecule has 0 aliphatic rings. The van der Waals surface area contributed by atoms with Crippen molar-refractivity contribution < 1.29 is 24.9 Å². The highest BCUT2D eigenvalue weighted by atomic mass is 35.5. The van der Waals surface area contributed by atoms with Crippen LogP contribution in [0.5, 0.6) is 0 Å². The molecule has 0 heterocycles. The number of quaternary nitrogens is 1. The van der Waals surface area contributed by atoms with Gasteiger partial charge in [0, 0.05) is 0 Å². The smallest absolute Gasteiger partial charge is 0.302 e. The van der Waals surface area contributed by atoms with Gasteiger partial charge in [-0.1, -0.05) is 0 Å². The summed E-state index contributed by atoms with van der Waals surface area (Å²) in [6, 6.07) is 0. The molecule has 0 saturated carbocycles. The third kappa shape index (κ3) is 4.94. The zero-order valence-electron chi connectivity index (χ0n) is 6.73. The van der Waals surface area contributed by atoms with Crippen molar-refractivity contribution in [1.82, 2.24) is 0 Å². The Morgan fingerprint density at radius 1 is 1.15 bits per heavy atom. The van der Waals surface area contributed by atoms with Gasteiger partial charge in [-0.05, 0) is 28.2 Å². The summed E-state index contributed by atoms with van der Waals surface area (Å²) in [6.07, 6.45) is 0. The van der Waals surface area contributed by atoms with Crippen LogP contribution in [0.15, 0.2) is 0 Å². The minimum Gasteiger partial charge on any atom is -0.562 e. The van der Waals surface area contributed by atoms with Gasteiger partial charge >= 0.3 is 4.96 Å². The topological polar surface area (TPSA) is 82.0 Å². The molecule has 8 heteroatoms. The molecule has 0 radical (unpaired) electrons. The average Bonchev–Trinajstić information content (AvgIpc) is 2.11. The van der Waals surface area contributed by atoms with Crippen molar-refractivity contribution in [1.29, 1.82) is 0 Å². The first-order chi connectivity index (χ1) is 6.06. The molecule has 80 valence electrons. The van der Waals surface area contributed by atoms with E-state index in [1.807, 2.05) is 0 Å². The Bertz CT molecular complexity index is 128. The molecule has 0 aromatic carbocycles. The van der Waals surface area contributed by atoms with Crippen LogP contribution in [0.4, 0.5) is 0 Å². The van der Waals surface area contributed by atoms with E-state index in [1.54, 1.807) is 0 Å². The minimum absolute atomic E-state index is 0.259. The Kier molecular flexibility index (Phi) is 6.92. The van der Waals surface area contributed by atoms with Gasteiger partial charge in [-0.25, -0.2) is 0 Å². The van der Waals surface area contributed by atoms with Gasteiger partial charge in [0.05, 0.1) is 13.2 Å². The zero-order valence-corrected chi connectivity index (χ0v) is 8.24. The summed E-state index contributed by atoms with van der Waals surface area (Å²) in [5, 5.41) is 28.1. The van der Waals surface area contributed by atoms with Gasteiger partial charge in [0.2, 0.25) is 0 Å². The molecule has 6 nitrogen and oxygen atoms in total. The standard InChI is InChI=1S/C5H11Cl2NO5/c6-5(7)8(11,12-3-1-9)13-4-2-10/h5,9-10H,1-4H2. The van der Waals surface area contributed by atoms with Crippen LogP contribution in [0.1, 0.15) is 0 Å². The summed E-state index contributed by atoms with van der Waals surface area (Å²) >= 11 is 10.5. The number of hydroxylamine groups is 3. The van der Waals surface area contributed by atoms with Crippen LogP contribution in [0.25, 0.3) is 0 Å². The molecule has 0 aliphatic carbocycles. The number of aliphatic hydroxyl groups is 2. The van der Waals surface area contributed by atoms with Crippen molar-refractivity contribution in [3.05, 3.63) is 5.21 Å². The van der Waals surface area contributed by atoms with Crippen LogP contribution >= 0.6 is 23.2 Å². The van der Waals surface area contributed by atoms with Crippen molar-refractivity contribution in [2.75, 3.05) is 26.4 Å². The third-order valence-corrected chi connectivity index (χ3v) is 1.44. The summed E-state index contributed by atoms with van der Waals surface area (Å²) in [6.45, 7) is -1.23. The lowest BCUT2D eigenvalue weighted by molar-refractivity contribution is -1.22. The summed E-state index contributed by atoms with van der Waals surface area (Å²) in [5.74, 6) is 0. The van der Waals surface area contributed by atoms with Gasteiger partial charge in [-0.15, -0.1) is 0 Å². The molecular formula is C5H11Cl2NO5. The van der Waals surface area contributed by atoms with Crippen LogP contribution in [0.3, 0.4) is 0 Å². The molecular weight excluding hydrogens is 225 g/mol. The van der Waals surface area contributed by atoms with E-state index in [2.05, 4.69) is 9.68 Å². The highest BCUT2D eigenvalue weighted by Crippen LogP contribution is 2.20. The van der Waals surface area contributed by atoms with Crippen LogP contribution in [-0.2, 0) is 9.68 Å². The van der Waals surface area contributed by atoms with Crippen molar-refractivity contribution in [2.45, 2.75) is 4.96 Å². The van der Waals surface area contributed by atoms with E-state index in [9.17, 15) is 5.21 Å². The molecule has 0 aromatic heterocycles. The van der Waals surface area contributed by atoms with E-state index in [1.165, 1.54) is 0 Å². The van der Waals surface area contributed by atoms with Gasteiger partial charge in [-0.3, -0.25) is 0 Å². The van der Waals surface area contributed by atoms with Crippen molar-refractivity contribution in [3.63, 3.8) is 0 Å². The number of nitrogens with zero attached hydrogens (tertiary/aromatic N) is 1. The highest BCUT2D eigenvalue weighted by Gasteiger charge is 2.30. The number of hydrogen-bond acceptors (Lipinski definition) is 5. The second-order valence-corrected chi connectivity index (χ2v) is 2.98. The minimum atomic E-state index is -1.77. The molecule has 2 N–H and O–H groups in total. The van der Waals surface area contributed by atoms with Crippen molar-refractivity contribution in [2.24, 2.45) is 0 Å². The first-order valence-electron chi connectivity index (χ1n) is 3.45. The molecule has 0 spiro atoms. The number of hydrogen-bond donors (Lipinski definition) is 2. The van der Waals surface area contributed by atoms with E-state index in [-0.39, 0.29) is 26.4 Å². The predicted molar refractivity (Wildman–Crippen MR) is 45.2 cm³/mol. The quantitative estimate of drug-likeness (QED) is 0.279. The number of rotatable bonds is 7. The second kappa shape index (κ2) is 6.74. The van der Waals surface area contributed by atoms with Crippen molar-refractivity contribution in [3.8, 4) is 0 Å². The maximum absolute atomic E-state index is 11.3. The van der Waals surface area contributed by atoms with Gasteiger partial charge in [0.25, 0.3) is 0 Å². The molecule has 0 rings (SSSR count). The average molecular weight is 236 g/mol. The fourth-order valence-corrected chi connectivity index (χ4v) is 0.711. The summed E-state index contributed by atoms with van der Waals surface area (Å²) < 4.78 is 0. The van der Waals surface area contributed by atoms with Crippen molar-refractivity contribution >= 4 is 23.2 Å². The van der Waals surface area contributed by atoms with Gasteiger partial charge in [0.15, 0.2) is 0 Å². The summed E-state index contributed by atoms with van der Waals surface area (Å²) in [7, 11) is 0. The first-order valence-corrected chi connectivity index (χ1v) is 4.33. The first kappa shape index (κ1) is 13.3. The lowest BCUT2D eigenvalue weighted by atomic mass is 10.8. The fraction of sp³-hybridized carbons (Fsp3) is 1.00. The normalized spacial score (nSPS) is 12.5. The molecule has 13 heavy (non-hydrogen) atoms. The third-order valence-electron chi connectivity index (χ3n) is 0.964. The molecule has 0 saturated heterocycles. The van der Waals surface area contributed by atoms with Gasteiger partial charge in [-0.2, -0.15) is 9.68 Å². The fourth-order valence-electron chi connectivity index (χ4n) is 0.486. The van der Waals surface area contributed by atoms with Crippen LogP contribution in [0.2, 0.25) is 0 Å². The van der Waals surface area contributed by atoms with Crippen LogP contribution in [-0.4, -0.2) is 46.6 Å². The number of alkyl halides is 2. The maximum atomic E-state index is 11.3. The van der Waals surface area contributed by atoms with E-state index >= 15 is 0 Å². The Morgan fingerprint density at radius 2 is 1.54 bits per heavy atom. The number of halogens is 2. The molecule has 0 amide bonds. The van der Waals surface area contributed by atoms with Gasteiger partial charge in [0.1, 0.15) is 13.2 Å². The largest absolute Gasteiger partial charge is 0.562 e. The Balaban J connectivity index is 4.00. The maximum Gasteiger partial charge on any atom is 0.302 e. The summed E-state index contributed by atoms with van der Waals surface area (Å²) in [4.78, 5) is 5.68. The molecule has 0 atom stereocenters. The Labute approximate surface area is 85.2 Å². The molecule has 0 bridgehead atoms. The van der Waals surface area contributed by atoms with Crippen LogP contribution in [0, 0.1) is 5.21 Å². The Hall–Kier alpha value is 0.340. The highest BCUT2D eigenvalue weighted by molar-refractivity contribution is 6.42.